The molecule has 0 atom stereocenters. The van der Waals surface area contributed by atoms with Crippen LogP contribution in [-0.4, -0.2) is 36.8 Å². The van der Waals surface area contributed by atoms with Crippen LogP contribution in [0, 0.1) is 11.3 Å². The summed E-state index contributed by atoms with van der Waals surface area (Å²) in [5, 5.41) is 14.5. The number of aromatic nitrogens is 1. The molecule has 0 unspecified atom stereocenters. The van der Waals surface area contributed by atoms with Crippen LogP contribution in [0.15, 0.2) is 96.1 Å². The minimum absolute atomic E-state index is 0.240. The third kappa shape index (κ3) is 5.83. The van der Waals surface area contributed by atoms with E-state index in [1.165, 1.54) is 13.3 Å². The molecular formula is C33H26N4O5. The van der Waals surface area contributed by atoms with Gasteiger partial charge in [0.15, 0.2) is 11.5 Å². The lowest BCUT2D eigenvalue weighted by molar-refractivity contribution is 0.0727. The van der Waals surface area contributed by atoms with Crippen LogP contribution in [0.3, 0.4) is 0 Å². The minimum Gasteiger partial charge on any atom is -0.497 e. The van der Waals surface area contributed by atoms with Crippen molar-refractivity contribution in [1.29, 1.82) is 5.26 Å². The lowest BCUT2D eigenvalue weighted by Gasteiger charge is -2.11. The van der Waals surface area contributed by atoms with Crippen molar-refractivity contribution in [3.8, 4) is 34.4 Å². The minimum atomic E-state index is -0.560. The Morgan fingerprint density at radius 2 is 1.79 bits per heavy atom. The summed E-state index contributed by atoms with van der Waals surface area (Å²) in [5.74, 6) is 0.0893. The van der Waals surface area contributed by atoms with E-state index in [0.717, 1.165) is 10.9 Å². The van der Waals surface area contributed by atoms with Gasteiger partial charge in [0, 0.05) is 10.9 Å². The van der Waals surface area contributed by atoms with Gasteiger partial charge in [-0.1, -0.05) is 48.5 Å². The average Bonchev–Trinajstić information content (AvgIpc) is 3.43. The van der Waals surface area contributed by atoms with E-state index in [1.807, 2.05) is 43.3 Å². The molecule has 9 heteroatoms. The van der Waals surface area contributed by atoms with Gasteiger partial charge < -0.3 is 19.2 Å². The molecule has 42 heavy (non-hydrogen) atoms. The van der Waals surface area contributed by atoms with Crippen LogP contribution in [0.4, 0.5) is 0 Å². The van der Waals surface area contributed by atoms with Crippen molar-refractivity contribution in [3.05, 3.63) is 113 Å². The Hall–Kier alpha value is -5.88. The molecular weight excluding hydrogens is 532 g/mol. The summed E-state index contributed by atoms with van der Waals surface area (Å²) in [6.45, 7) is 2.16. The largest absolute Gasteiger partial charge is 0.497 e. The summed E-state index contributed by atoms with van der Waals surface area (Å²) in [5.41, 5.74) is 6.30. The molecule has 0 radical (unpaired) electrons. The average molecular weight is 559 g/mol. The van der Waals surface area contributed by atoms with Gasteiger partial charge in [-0.3, -0.25) is 4.79 Å². The van der Waals surface area contributed by atoms with E-state index in [4.69, 9.17) is 14.2 Å². The van der Waals surface area contributed by atoms with E-state index in [-0.39, 0.29) is 11.4 Å². The zero-order valence-corrected chi connectivity index (χ0v) is 22.9. The number of fused-ring (bicyclic) bond motifs is 1. The molecule has 0 saturated heterocycles. The zero-order valence-electron chi connectivity index (χ0n) is 22.9. The highest BCUT2D eigenvalue weighted by atomic mass is 16.6. The van der Waals surface area contributed by atoms with Crippen molar-refractivity contribution in [1.82, 2.24) is 10.4 Å². The Kier molecular flexibility index (Phi) is 8.26. The number of hydrogen-bond acceptors (Lipinski definition) is 7. The lowest BCUT2D eigenvalue weighted by Crippen LogP contribution is -2.19. The normalized spacial score (nSPS) is 10.8. The number of amides is 1. The summed E-state index contributed by atoms with van der Waals surface area (Å²) in [6.07, 6.45) is 1.46. The molecule has 0 saturated carbocycles. The van der Waals surface area contributed by atoms with E-state index in [0.29, 0.717) is 45.9 Å². The maximum atomic E-state index is 13.3. The molecule has 5 rings (SSSR count). The highest BCUT2D eigenvalue weighted by Crippen LogP contribution is 2.34. The van der Waals surface area contributed by atoms with Crippen molar-refractivity contribution < 1.29 is 23.8 Å². The Bertz CT molecular complexity index is 1840. The number of ether oxygens (including phenoxy) is 3. The number of esters is 1. The maximum Gasteiger partial charge on any atom is 0.343 e. The van der Waals surface area contributed by atoms with Gasteiger partial charge in [-0.25, -0.2) is 10.2 Å². The molecule has 0 spiro atoms. The fourth-order valence-electron chi connectivity index (χ4n) is 4.47. The summed E-state index contributed by atoms with van der Waals surface area (Å²) in [7, 11) is 1.52. The number of benzene rings is 4. The van der Waals surface area contributed by atoms with Gasteiger partial charge >= 0.3 is 5.97 Å². The molecule has 2 N–H and O–H groups in total. The fraction of sp³-hybridized carbons (Fsp3) is 0.0909. The molecule has 1 heterocycles. The van der Waals surface area contributed by atoms with E-state index >= 15 is 0 Å². The van der Waals surface area contributed by atoms with Gasteiger partial charge in [-0.2, -0.15) is 10.4 Å². The van der Waals surface area contributed by atoms with E-state index in [9.17, 15) is 14.9 Å². The molecule has 9 nitrogen and oxygen atoms in total. The van der Waals surface area contributed by atoms with Crippen LogP contribution >= 0.6 is 0 Å². The van der Waals surface area contributed by atoms with Crippen molar-refractivity contribution in [2.45, 2.75) is 6.92 Å². The van der Waals surface area contributed by atoms with Crippen LogP contribution in [0.5, 0.6) is 17.2 Å². The summed E-state index contributed by atoms with van der Waals surface area (Å²) in [4.78, 5) is 29.1. The Labute approximate surface area is 242 Å². The molecule has 0 aliphatic carbocycles. The number of hydrazone groups is 1. The van der Waals surface area contributed by atoms with Gasteiger partial charge in [0.05, 0.1) is 36.6 Å². The molecule has 0 aliphatic rings. The summed E-state index contributed by atoms with van der Waals surface area (Å²) >= 11 is 0. The first-order valence-corrected chi connectivity index (χ1v) is 13.1. The highest BCUT2D eigenvalue weighted by molar-refractivity contribution is 6.10. The van der Waals surface area contributed by atoms with Crippen LogP contribution in [0.25, 0.3) is 22.0 Å². The topological polar surface area (TPSA) is 126 Å². The predicted molar refractivity (Wildman–Crippen MR) is 159 cm³/mol. The van der Waals surface area contributed by atoms with Gasteiger partial charge in [-0.05, 0) is 60.5 Å². The molecule has 0 fully saturated rings. The van der Waals surface area contributed by atoms with Crippen molar-refractivity contribution in [2.24, 2.45) is 5.10 Å². The molecule has 208 valence electrons. The van der Waals surface area contributed by atoms with Crippen LogP contribution in [0.1, 0.15) is 38.9 Å². The lowest BCUT2D eigenvalue weighted by atomic mass is 10.0. The van der Waals surface area contributed by atoms with Crippen molar-refractivity contribution >= 4 is 29.0 Å². The monoisotopic (exact) mass is 558 g/mol. The number of nitrogens with zero attached hydrogens (tertiary/aromatic N) is 2. The van der Waals surface area contributed by atoms with E-state index < -0.39 is 11.9 Å². The first-order valence-electron chi connectivity index (χ1n) is 13.1. The highest BCUT2D eigenvalue weighted by Gasteiger charge is 2.20. The van der Waals surface area contributed by atoms with Gasteiger partial charge in [0.2, 0.25) is 0 Å². The second-order valence-corrected chi connectivity index (χ2v) is 9.04. The Balaban J connectivity index is 1.37. The SMILES string of the molecule is CCOc1cc(C=NNC(=O)c2[nH]c3c(C#N)cccc3c2-c2ccccc2)ccc1OC(=O)c1cccc(OC)c1. The van der Waals surface area contributed by atoms with Crippen LogP contribution in [-0.2, 0) is 0 Å². The number of methoxy groups -OCH3 is 1. The van der Waals surface area contributed by atoms with Crippen LogP contribution < -0.4 is 19.6 Å². The smallest absolute Gasteiger partial charge is 0.343 e. The first-order chi connectivity index (χ1) is 20.5. The van der Waals surface area contributed by atoms with Gasteiger partial charge in [0.25, 0.3) is 5.91 Å². The number of carbonyl (C=O) groups is 2. The third-order valence-corrected chi connectivity index (χ3v) is 6.40. The molecule has 4 aromatic carbocycles. The standard InChI is InChI=1S/C33H26N4O5/c1-3-41-28-17-21(15-16-27(28)42-33(39)23-11-7-13-25(18-23)40-2)20-35-37-32(38)31-29(22-9-5-4-6-10-22)26-14-8-12-24(19-34)30(26)36-31/h4-18,20,36H,3H2,1-2H3,(H,37,38). The van der Waals surface area contributed by atoms with Gasteiger partial charge in [0.1, 0.15) is 17.5 Å². The number of hydrogen-bond donors (Lipinski definition) is 2. The number of nitrogens with one attached hydrogen (secondary N) is 2. The summed E-state index contributed by atoms with van der Waals surface area (Å²) < 4.78 is 16.5. The quantitative estimate of drug-likeness (QED) is 0.0975. The predicted octanol–water partition coefficient (Wildman–Crippen LogP) is 6.10. The van der Waals surface area contributed by atoms with E-state index in [1.54, 1.807) is 54.6 Å². The Morgan fingerprint density at radius 3 is 2.55 bits per heavy atom. The number of carbonyl (C=O) groups excluding carboxylic acids is 2. The van der Waals surface area contributed by atoms with Crippen molar-refractivity contribution in [3.63, 3.8) is 0 Å². The first kappa shape index (κ1) is 27.7. The maximum absolute atomic E-state index is 13.3. The zero-order chi connectivity index (χ0) is 29.5. The number of nitriles is 1. The molecule has 5 aromatic rings. The number of H-pyrrole nitrogens is 1. The Morgan fingerprint density at radius 1 is 0.976 bits per heavy atom. The van der Waals surface area contributed by atoms with Crippen LogP contribution in [0.2, 0.25) is 0 Å². The number of rotatable bonds is 9. The molecule has 1 aromatic heterocycles. The molecule has 1 amide bonds. The van der Waals surface area contributed by atoms with Gasteiger partial charge in [-0.15, -0.1) is 0 Å². The van der Waals surface area contributed by atoms with Crippen molar-refractivity contribution in [2.75, 3.05) is 13.7 Å². The number of para-hydroxylation sites is 1. The fourth-order valence-corrected chi connectivity index (χ4v) is 4.47. The number of aromatic amines is 1. The molecule has 0 bridgehead atoms. The third-order valence-electron chi connectivity index (χ3n) is 6.40. The van der Waals surface area contributed by atoms with E-state index in [2.05, 4.69) is 21.6 Å². The second kappa shape index (κ2) is 12.5. The second-order valence-electron chi connectivity index (χ2n) is 9.04. The summed E-state index contributed by atoms with van der Waals surface area (Å²) in [6, 6.07) is 28.6. The molecule has 0 aliphatic heterocycles.